The van der Waals surface area contributed by atoms with E-state index in [1.165, 1.54) is 0 Å². The number of carbonyl (C=O) groups is 1. The third-order valence-electron chi connectivity index (χ3n) is 3.42. The van der Waals surface area contributed by atoms with Crippen LogP contribution in [-0.4, -0.2) is 5.78 Å². The Morgan fingerprint density at radius 2 is 2.00 bits per heavy atom. The van der Waals surface area contributed by atoms with E-state index in [9.17, 15) is 4.79 Å². The maximum atomic E-state index is 11.7. The Bertz CT molecular complexity index is 225. The number of ketones is 1. The Kier molecular flexibility index (Phi) is 2.15. The molecule has 68 valence electrons. The van der Waals surface area contributed by atoms with E-state index < -0.39 is 0 Å². The van der Waals surface area contributed by atoms with Crippen molar-refractivity contribution in [3.8, 4) is 0 Å². The van der Waals surface area contributed by atoms with Crippen molar-refractivity contribution in [1.82, 2.24) is 0 Å². The summed E-state index contributed by atoms with van der Waals surface area (Å²) in [5, 5.41) is 0. The molecule has 0 saturated carbocycles. The number of carbonyl (C=O) groups excluding carboxylic acids is 1. The lowest BCUT2D eigenvalue weighted by atomic mass is 9.66. The highest BCUT2D eigenvalue weighted by Crippen LogP contribution is 2.48. The molecule has 0 bridgehead atoms. The van der Waals surface area contributed by atoms with Crippen molar-refractivity contribution in [1.29, 1.82) is 0 Å². The SMILES string of the molecule is CCC(=O)[C@@]1(C)CC=CC1(C)C. The van der Waals surface area contributed by atoms with Gasteiger partial charge in [0.1, 0.15) is 5.78 Å². The second-order valence-corrected chi connectivity index (χ2v) is 4.44. The molecule has 1 heteroatoms. The van der Waals surface area contributed by atoms with Crippen LogP contribution in [0.5, 0.6) is 0 Å². The van der Waals surface area contributed by atoms with E-state index >= 15 is 0 Å². The van der Waals surface area contributed by atoms with Crippen LogP contribution >= 0.6 is 0 Å². The first-order valence-corrected chi connectivity index (χ1v) is 4.65. The van der Waals surface area contributed by atoms with E-state index in [1.807, 2.05) is 6.92 Å². The number of allylic oxidation sites excluding steroid dienone is 2. The molecule has 0 spiro atoms. The van der Waals surface area contributed by atoms with Gasteiger partial charge in [-0.15, -0.1) is 0 Å². The predicted octanol–water partition coefficient (Wildman–Crippen LogP) is 2.96. The summed E-state index contributed by atoms with van der Waals surface area (Å²) in [7, 11) is 0. The van der Waals surface area contributed by atoms with E-state index in [2.05, 4.69) is 32.9 Å². The number of rotatable bonds is 2. The van der Waals surface area contributed by atoms with Crippen molar-refractivity contribution >= 4 is 5.78 Å². The predicted molar refractivity (Wildman–Crippen MR) is 50.9 cm³/mol. The molecule has 0 N–H and O–H groups in total. The molecular weight excluding hydrogens is 148 g/mol. The molecule has 1 atom stereocenters. The molecule has 1 rings (SSSR count). The van der Waals surface area contributed by atoms with Crippen molar-refractivity contribution in [2.45, 2.75) is 40.5 Å². The van der Waals surface area contributed by atoms with E-state index in [0.29, 0.717) is 12.2 Å². The minimum atomic E-state index is -0.151. The molecule has 0 aromatic heterocycles. The first-order valence-electron chi connectivity index (χ1n) is 4.65. The van der Waals surface area contributed by atoms with Crippen LogP contribution in [0.4, 0.5) is 0 Å². The van der Waals surface area contributed by atoms with Gasteiger partial charge in [0.15, 0.2) is 0 Å². The molecule has 0 heterocycles. The summed E-state index contributed by atoms with van der Waals surface area (Å²) in [6, 6.07) is 0. The minimum absolute atomic E-state index is 0.0418. The zero-order valence-electron chi connectivity index (χ0n) is 8.48. The summed E-state index contributed by atoms with van der Waals surface area (Å²) >= 11 is 0. The van der Waals surface area contributed by atoms with Crippen molar-refractivity contribution in [2.75, 3.05) is 0 Å². The first kappa shape index (κ1) is 9.50. The minimum Gasteiger partial charge on any atom is -0.299 e. The molecule has 0 amide bonds. The molecule has 0 aromatic carbocycles. The normalized spacial score (nSPS) is 32.3. The van der Waals surface area contributed by atoms with Crippen LogP contribution in [0.15, 0.2) is 12.2 Å². The number of Topliss-reactive ketones (excluding diaryl/α,β-unsaturated/α-hetero) is 1. The first-order chi connectivity index (χ1) is 5.44. The van der Waals surface area contributed by atoms with Gasteiger partial charge >= 0.3 is 0 Å². The van der Waals surface area contributed by atoms with E-state index in [0.717, 1.165) is 6.42 Å². The van der Waals surface area contributed by atoms with Gasteiger partial charge in [-0.3, -0.25) is 4.79 Å². The van der Waals surface area contributed by atoms with Crippen LogP contribution in [-0.2, 0) is 4.79 Å². The average Bonchev–Trinajstić information content (AvgIpc) is 2.26. The Balaban J connectivity index is 2.94. The Morgan fingerprint density at radius 3 is 2.33 bits per heavy atom. The maximum Gasteiger partial charge on any atom is 0.139 e. The summed E-state index contributed by atoms with van der Waals surface area (Å²) in [5.74, 6) is 0.387. The smallest absolute Gasteiger partial charge is 0.139 e. The zero-order valence-corrected chi connectivity index (χ0v) is 8.48. The monoisotopic (exact) mass is 166 g/mol. The Hall–Kier alpha value is -0.590. The lowest BCUT2D eigenvalue weighted by molar-refractivity contribution is -0.131. The van der Waals surface area contributed by atoms with E-state index in [1.54, 1.807) is 0 Å². The van der Waals surface area contributed by atoms with Gasteiger partial charge in [-0.2, -0.15) is 0 Å². The molecule has 1 aliphatic rings. The van der Waals surface area contributed by atoms with Crippen LogP contribution in [0.2, 0.25) is 0 Å². The third kappa shape index (κ3) is 1.12. The molecule has 1 nitrogen and oxygen atoms in total. The molecule has 12 heavy (non-hydrogen) atoms. The molecule has 0 fully saturated rings. The summed E-state index contributed by atoms with van der Waals surface area (Å²) in [6.45, 7) is 8.31. The fraction of sp³-hybridized carbons (Fsp3) is 0.727. The van der Waals surface area contributed by atoms with Crippen LogP contribution in [0.25, 0.3) is 0 Å². The molecular formula is C11H18O. The number of hydrogen-bond donors (Lipinski definition) is 0. The molecule has 0 aromatic rings. The van der Waals surface area contributed by atoms with Gasteiger partial charge in [0, 0.05) is 11.8 Å². The van der Waals surface area contributed by atoms with Crippen LogP contribution in [0.1, 0.15) is 40.5 Å². The summed E-state index contributed by atoms with van der Waals surface area (Å²) in [6.07, 6.45) is 5.86. The fourth-order valence-corrected chi connectivity index (χ4v) is 1.90. The summed E-state index contributed by atoms with van der Waals surface area (Å²) < 4.78 is 0. The van der Waals surface area contributed by atoms with Gasteiger partial charge in [-0.05, 0) is 11.8 Å². The van der Waals surface area contributed by atoms with Crippen molar-refractivity contribution in [2.24, 2.45) is 10.8 Å². The fourth-order valence-electron chi connectivity index (χ4n) is 1.90. The van der Waals surface area contributed by atoms with Crippen LogP contribution in [0.3, 0.4) is 0 Å². The Morgan fingerprint density at radius 1 is 1.42 bits per heavy atom. The average molecular weight is 166 g/mol. The second kappa shape index (κ2) is 2.72. The molecule has 0 saturated heterocycles. The highest BCUT2D eigenvalue weighted by molar-refractivity contribution is 5.86. The zero-order chi connectivity index (χ0) is 9.41. The van der Waals surface area contributed by atoms with Crippen LogP contribution < -0.4 is 0 Å². The van der Waals surface area contributed by atoms with E-state index in [-0.39, 0.29) is 10.8 Å². The van der Waals surface area contributed by atoms with Crippen molar-refractivity contribution in [3.63, 3.8) is 0 Å². The van der Waals surface area contributed by atoms with Crippen molar-refractivity contribution in [3.05, 3.63) is 12.2 Å². The largest absolute Gasteiger partial charge is 0.299 e. The summed E-state index contributed by atoms with van der Waals surface area (Å²) in [4.78, 5) is 11.7. The van der Waals surface area contributed by atoms with Gasteiger partial charge in [0.05, 0.1) is 0 Å². The lowest BCUT2D eigenvalue weighted by Gasteiger charge is -2.36. The number of hydrogen-bond acceptors (Lipinski definition) is 1. The third-order valence-corrected chi connectivity index (χ3v) is 3.42. The summed E-state index contributed by atoms with van der Waals surface area (Å²) in [5.41, 5.74) is -0.109. The van der Waals surface area contributed by atoms with Gasteiger partial charge in [-0.1, -0.05) is 39.8 Å². The standard InChI is InChI=1S/C11H18O/c1-5-9(12)11(4)8-6-7-10(11,2)3/h6-7H,5,8H2,1-4H3/t11-/m1/s1. The van der Waals surface area contributed by atoms with E-state index in [4.69, 9.17) is 0 Å². The van der Waals surface area contributed by atoms with Crippen molar-refractivity contribution < 1.29 is 4.79 Å². The quantitative estimate of drug-likeness (QED) is 0.576. The lowest BCUT2D eigenvalue weighted by Crippen LogP contribution is -2.37. The molecule has 0 unspecified atom stereocenters. The highest BCUT2D eigenvalue weighted by atomic mass is 16.1. The molecule has 0 aliphatic heterocycles. The van der Waals surface area contributed by atoms with Gasteiger partial charge in [-0.25, -0.2) is 0 Å². The topological polar surface area (TPSA) is 17.1 Å². The second-order valence-electron chi connectivity index (χ2n) is 4.44. The molecule has 1 aliphatic carbocycles. The Labute approximate surface area is 74.9 Å². The van der Waals surface area contributed by atoms with Gasteiger partial charge in [0.25, 0.3) is 0 Å². The maximum absolute atomic E-state index is 11.7. The molecule has 0 radical (unpaired) electrons. The van der Waals surface area contributed by atoms with Crippen LogP contribution in [0, 0.1) is 10.8 Å². The highest BCUT2D eigenvalue weighted by Gasteiger charge is 2.46. The van der Waals surface area contributed by atoms with Gasteiger partial charge < -0.3 is 0 Å². The van der Waals surface area contributed by atoms with Gasteiger partial charge in [0.2, 0.25) is 0 Å².